The van der Waals surface area contributed by atoms with Gasteiger partial charge < -0.3 is 5.11 Å². The number of pyridine rings is 1. The quantitative estimate of drug-likeness (QED) is 0.126. The molecule has 0 aliphatic carbocycles. The number of ketones is 1. The van der Waals surface area contributed by atoms with Crippen LogP contribution in [0.4, 0.5) is 0 Å². The second kappa shape index (κ2) is 12.6. The number of rotatable bonds is 2. The Morgan fingerprint density at radius 1 is 0.829 bits per heavy atom. The Morgan fingerprint density at radius 2 is 1.49 bits per heavy atom. The first-order chi connectivity index (χ1) is 18.9. The van der Waals surface area contributed by atoms with E-state index in [-0.39, 0.29) is 52.0 Å². The molecule has 0 fully saturated rings. The van der Waals surface area contributed by atoms with Gasteiger partial charge in [-0.15, -0.1) is 0 Å². The first kappa shape index (κ1) is 31.7. The molecule has 211 valence electrons. The Kier molecular flexibility index (Phi) is 9.71. The molecule has 0 atom stereocenters. The van der Waals surface area contributed by atoms with Crippen LogP contribution in [0.25, 0.3) is 11.3 Å². The van der Waals surface area contributed by atoms with Gasteiger partial charge in [0.05, 0.1) is 0 Å². The van der Waals surface area contributed by atoms with Crippen LogP contribution in [0.3, 0.4) is 0 Å². The van der Waals surface area contributed by atoms with Crippen LogP contribution in [0.1, 0.15) is 41.5 Å². The second-order valence-electron chi connectivity index (χ2n) is 12.1. The van der Waals surface area contributed by atoms with Crippen molar-refractivity contribution in [1.29, 1.82) is 0 Å². The fourth-order valence-electron chi connectivity index (χ4n) is 4.60. The van der Waals surface area contributed by atoms with Crippen molar-refractivity contribution in [2.45, 2.75) is 41.5 Å². The maximum absolute atomic E-state index is 11.5. The molecule has 0 bridgehead atoms. The molecule has 7 heteroatoms. The van der Waals surface area contributed by atoms with Gasteiger partial charge in [-0.25, -0.2) is 0 Å². The summed E-state index contributed by atoms with van der Waals surface area (Å²) in [6.07, 6.45) is 3.21. The fourth-order valence-corrected chi connectivity index (χ4v) is 10.1. The van der Waals surface area contributed by atoms with Crippen LogP contribution in [-0.4, -0.2) is 52.5 Å². The molecule has 0 amide bonds. The van der Waals surface area contributed by atoms with Crippen molar-refractivity contribution < 1.29 is 30.0 Å². The topological polar surface area (TPSA) is 50.2 Å². The first-order valence-electron chi connectivity index (χ1n) is 13.4. The first-order valence-corrected chi connectivity index (χ1v) is 16.9. The van der Waals surface area contributed by atoms with Crippen molar-refractivity contribution in [2.24, 2.45) is 10.8 Å². The molecule has 2 aliphatic rings. The minimum absolute atomic E-state index is 0. The van der Waals surface area contributed by atoms with Crippen molar-refractivity contribution >= 4 is 76.6 Å². The summed E-state index contributed by atoms with van der Waals surface area (Å²) in [5, 5.41) is 9.56. The molecule has 41 heavy (non-hydrogen) atoms. The summed E-state index contributed by atoms with van der Waals surface area (Å²) < 4.78 is 6.06. The third-order valence-corrected chi connectivity index (χ3v) is 12.0. The summed E-state index contributed by atoms with van der Waals surface area (Å²) in [4.78, 5) is 16.1. The average molecular weight is 849 g/mol. The Labute approximate surface area is 270 Å². The third-order valence-electron chi connectivity index (χ3n) is 6.96. The number of carbonyl (C=O) groups excluding carboxylic acids is 1. The number of nitrogens with zero attached hydrogens (tertiary/aromatic N) is 1. The molecule has 1 radical (unpaired) electrons. The number of aliphatic hydroxyl groups excluding tert-OH is 1. The molecule has 1 N–H and O–H groups in total. The summed E-state index contributed by atoms with van der Waals surface area (Å²) in [5.74, 6) is 0.104. The molecule has 3 nitrogen and oxygen atoms in total. The Hall–Kier alpha value is -2.23. The SMILES string of the molecule is CC(C)(C)C(=O)/C=C(\O)C(C)(C)C.[Ir].[c-]1ccc2c(c1-c1ccccn1)[Se]c1cccc3c1B2c1ccccc1[Se]3. The van der Waals surface area contributed by atoms with Gasteiger partial charge in [0.2, 0.25) is 0 Å². The van der Waals surface area contributed by atoms with E-state index in [1.165, 1.54) is 36.0 Å². The average Bonchev–Trinajstić information content (AvgIpc) is 2.92. The predicted molar refractivity (Wildman–Crippen MR) is 171 cm³/mol. The van der Waals surface area contributed by atoms with Crippen molar-refractivity contribution in [3.05, 3.63) is 96.9 Å². The number of benzene rings is 3. The van der Waals surface area contributed by atoms with Crippen LogP contribution in [0.5, 0.6) is 0 Å². The Morgan fingerprint density at radius 3 is 2.15 bits per heavy atom. The monoisotopic (exact) mass is 851 g/mol. The summed E-state index contributed by atoms with van der Waals surface area (Å²) in [5.41, 5.74) is 5.98. The van der Waals surface area contributed by atoms with Crippen LogP contribution >= 0.6 is 0 Å². The summed E-state index contributed by atoms with van der Waals surface area (Å²) in [6.45, 7) is 11.5. The molecule has 2 aliphatic heterocycles. The van der Waals surface area contributed by atoms with Crippen molar-refractivity contribution in [3.8, 4) is 11.3 Å². The number of hydrogen-bond donors (Lipinski definition) is 1. The Bertz CT molecular complexity index is 1610. The van der Waals surface area contributed by atoms with Crippen LogP contribution in [-0.2, 0) is 24.9 Å². The van der Waals surface area contributed by atoms with Gasteiger partial charge in [-0.2, -0.15) is 0 Å². The fraction of sp³-hybridized carbons (Fsp3) is 0.235. The number of aromatic nitrogens is 1. The van der Waals surface area contributed by atoms with E-state index < -0.39 is 5.41 Å². The third kappa shape index (κ3) is 6.73. The van der Waals surface area contributed by atoms with E-state index in [1.54, 1.807) is 9.92 Å². The van der Waals surface area contributed by atoms with Gasteiger partial charge in [0.1, 0.15) is 5.76 Å². The van der Waals surface area contributed by atoms with Crippen molar-refractivity contribution in [2.75, 3.05) is 0 Å². The van der Waals surface area contributed by atoms with Gasteiger partial charge in [-0.3, -0.25) is 4.79 Å². The molecule has 0 saturated heterocycles. The van der Waals surface area contributed by atoms with Crippen LogP contribution in [0.15, 0.2) is 90.8 Å². The molecule has 0 spiro atoms. The number of aliphatic hydroxyl groups is 1. The number of hydrogen-bond acceptors (Lipinski definition) is 3. The number of carbonyl (C=O) groups is 1. The zero-order chi connectivity index (χ0) is 28.7. The molecule has 1 aromatic heterocycles. The van der Waals surface area contributed by atoms with Gasteiger partial charge in [0.25, 0.3) is 0 Å². The number of fused-ring (bicyclic) bond motifs is 4. The van der Waals surface area contributed by atoms with E-state index in [9.17, 15) is 9.90 Å². The number of allylic oxidation sites excluding steroid dienone is 2. The normalized spacial score (nSPS) is 13.5. The molecule has 3 heterocycles. The van der Waals surface area contributed by atoms with Gasteiger partial charge in [0, 0.05) is 37.0 Å². The molecule has 4 aromatic rings. The van der Waals surface area contributed by atoms with E-state index >= 15 is 0 Å². The van der Waals surface area contributed by atoms with E-state index in [0.29, 0.717) is 21.7 Å². The molecule has 0 unspecified atom stereocenters. The zero-order valence-corrected chi connectivity index (χ0v) is 29.9. The zero-order valence-electron chi connectivity index (χ0n) is 24.1. The van der Waals surface area contributed by atoms with E-state index in [0.717, 1.165) is 5.69 Å². The summed E-state index contributed by atoms with van der Waals surface area (Å²) in [7, 11) is 0. The van der Waals surface area contributed by atoms with Gasteiger partial charge in [-0.1, -0.05) is 41.5 Å². The van der Waals surface area contributed by atoms with Gasteiger partial charge >= 0.3 is 172 Å². The molecule has 0 saturated carbocycles. The maximum atomic E-state index is 11.5. The molecule has 6 rings (SSSR count). The van der Waals surface area contributed by atoms with Gasteiger partial charge in [0.15, 0.2) is 5.78 Å². The van der Waals surface area contributed by atoms with Gasteiger partial charge in [-0.05, 0) is 0 Å². The van der Waals surface area contributed by atoms with Crippen LogP contribution in [0.2, 0.25) is 0 Å². The van der Waals surface area contributed by atoms with Crippen molar-refractivity contribution in [3.63, 3.8) is 0 Å². The Balaban J connectivity index is 0.000000239. The van der Waals surface area contributed by atoms with Crippen molar-refractivity contribution in [1.82, 2.24) is 4.98 Å². The molecular formula is C34H33BIrNO2Se2-. The standard InChI is InChI=1S/C23H13BNSe2.C11H20O2.Ir/c1-2-11-19-16(8-1)24-17-9-5-7-15(18-10-3-4-14-25-18)23(17)27-21-13-6-12-20(26-19)22(21)24;1-10(2,3)8(12)7-9(13)11(4,5)6;/h1-6,8-14H;7,12H,1-6H3;/q-1;;/b;8-7-;. The summed E-state index contributed by atoms with van der Waals surface area (Å²) >= 11 is 0.681. The van der Waals surface area contributed by atoms with Crippen LogP contribution in [0, 0.1) is 16.9 Å². The van der Waals surface area contributed by atoms with E-state index in [2.05, 4.69) is 77.8 Å². The van der Waals surface area contributed by atoms with Crippen LogP contribution < -0.4 is 34.2 Å². The second-order valence-corrected chi connectivity index (χ2v) is 16.6. The molecule has 3 aromatic carbocycles. The predicted octanol–water partition coefficient (Wildman–Crippen LogP) is 2.09. The minimum atomic E-state index is -0.417. The van der Waals surface area contributed by atoms with E-state index in [4.69, 9.17) is 0 Å². The molecular weight excluding hydrogens is 815 g/mol. The van der Waals surface area contributed by atoms with E-state index in [1.807, 2.05) is 53.8 Å². The summed E-state index contributed by atoms with van der Waals surface area (Å²) in [6, 6.07) is 30.0.